The maximum absolute atomic E-state index is 12.5. The second-order valence-electron chi connectivity index (χ2n) is 24.3. The Morgan fingerprint density at radius 1 is 0.312 bits per heavy atom. The smallest absolute Gasteiger partial charge is 0.220 e. The van der Waals surface area contributed by atoms with Gasteiger partial charge in [-0.2, -0.15) is 0 Å². The predicted molar refractivity (Wildman–Crippen MR) is 345 cm³/mol. The first-order valence-electron chi connectivity index (χ1n) is 35.4. The van der Waals surface area contributed by atoms with Crippen molar-refractivity contribution in [2.45, 2.75) is 405 Å². The van der Waals surface area contributed by atoms with Gasteiger partial charge < -0.3 is 15.5 Å². The summed E-state index contributed by atoms with van der Waals surface area (Å²) in [7, 11) is 0. The minimum atomic E-state index is -0.863. The Balaban J connectivity index is 3.43. The van der Waals surface area contributed by atoms with Crippen molar-refractivity contribution in [1.29, 1.82) is 0 Å². The van der Waals surface area contributed by atoms with Crippen LogP contribution < -0.4 is 5.32 Å². The van der Waals surface area contributed by atoms with Crippen LogP contribution in [0.1, 0.15) is 393 Å². The van der Waals surface area contributed by atoms with Gasteiger partial charge >= 0.3 is 0 Å². The van der Waals surface area contributed by atoms with Crippen molar-refractivity contribution in [3.8, 4) is 0 Å². The molecule has 0 fully saturated rings. The van der Waals surface area contributed by atoms with Gasteiger partial charge in [0.1, 0.15) is 0 Å². The number of carbonyl (C=O) groups excluding carboxylic acids is 1. The molecule has 0 radical (unpaired) electrons. The highest BCUT2D eigenvalue weighted by Gasteiger charge is 2.18. The normalized spacial score (nSPS) is 12.9. The molecule has 0 aliphatic carbocycles. The summed E-state index contributed by atoms with van der Waals surface area (Å²) in [6.07, 6.45) is 96.4. The summed E-state index contributed by atoms with van der Waals surface area (Å²) in [5.74, 6) is -0.0659. The van der Waals surface area contributed by atoms with Crippen molar-refractivity contribution >= 4 is 5.91 Å². The van der Waals surface area contributed by atoms with Gasteiger partial charge in [-0.15, -0.1) is 0 Å². The number of carbonyl (C=O) groups is 1. The molecule has 4 nitrogen and oxygen atoms in total. The molecule has 2 unspecified atom stereocenters. The minimum Gasteiger partial charge on any atom is -0.394 e. The van der Waals surface area contributed by atoms with E-state index in [9.17, 15) is 15.0 Å². The van der Waals surface area contributed by atoms with Gasteiger partial charge in [0.05, 0.1) is 18.8 Å². The van der Waals surface area contributed by atoms with Gasteiger partial charge in [0, 0.05) is 6.42 Å². The second kappa shape index (κ2) is 68.6. The van der Waals surface area contributed by atoms with Crippen LogP contribution in [0.4, 0.5) is 0 Å². The summed E-state index contributed by atoms with van der Waals surface area (Å²) in [5.41, 5.74) is 0. The Morgan fingerprint density at radius 3 is 0.831 bits per heavy atom. The topological polar surface area (TPSA) is 69.6 Å². The van der Waals surface area contributed by atoms with E-state index >= 15 is 0 Å². The summed E-state index contributed by atoms with van der Waals surface area (Å²) in [6.45, 7) is 4.33. The highest BCUT2D eigenvalue weighted by atomic mass is 16.3. The van der Waals surface area contributed by atoms with Gasteiger partial charge in [-0.05, 0) is 64.2 Å². The van der Waals surface area contributed by atoms with Crippen molar-refractivity contribution in [3.05, 3.63) is 48.6 Å². The standard InChI is InChI=1S/C73H139NO3/c1-3-5-7-9-11-13-15-17-19-21-23-25-27-29-31-33-34-35-36-37-38-39-40-41-43-45-47-49-51-53-55-57-59-61-63-65-67-69-73(77)74-71(70-75)72(76)68-66-64-62-60-58-56-54-52-50-48-46-44-42-32-30-28-26-24-22-20-18-16-14-12-10-8-6-4-2/h15,17,21,23,58,60,66,68,71-72,75-76H,3-14,16,18-20,22,24-57,59,61-65,67,69-70H2,1-2H3,(H,74,77)/b17-15-,23-21-,60-58+,68-66+. The number of allylic oxidation sites excluding steroid dienone is 7. The molecule has 0 aromatic heterocycles. The SMILES string of the molecule is CCCCCCC/C=C\C/C=C\CCCCCCCCCCCCCCCCCCCCCCCCCCCC(=O)NC(CO)C(O)/C=C/CC/C=C/CCCCCCCCCCCCCCCCCCCCCCCC. The largest absolute Gasteiger partial charge is 0.394 e. The van der Waals surface area contributed by atoms with Crippen LogP contribution in [-0.2, 0) is 4.79 Å². The average Bonchev–Trinajstić information content (AvgIpc) is 3.43. The molecule has 0 saturated heterocycles. The zero-order valence-electron chi connectivity index (χ0n) is 52.5. The Morgan fingerprint density at radius 2 is 0.545 bits per heavy atom. The van der Waals surface area contributed by atoms with E-state index in [4.69, 9.17) is 0 Å². The summed E-state index contributed by atoms with van der Waals surface area (Å²) in [6, 6.07) is -0.640. The third kappa shape index (κ3) is 65.0. The Kier molecular flexibility index (Phi) is 67.2. The van der Waals surface area contributed by atoms with Gasteiger partial charge in [-0.25, -0.2) is 0 Å². The van der Waals surface area contributed by atoms with E-state index in [-0.39, 0.29) is 12.5 Å². The zero-order chi connectivity index (χ0) is 55.5. The van der Waals surface area contributed by atoms with E-state index in [1.165, 1.54) is 334 Å². The lowest BCUT2D eigenvalue weighted by Crippen LogP contribution is -2.45. The lowest BCUT2D eigenvalue weighted by molar-refractivity contribution is -0.123. The van der Waals surface area contributed by atoms with Crippen molar-refractivity contribution in [2.75, 3.05) is 6.61 Å². The third-order valence-electron chi connectivity index (χ3n) is 16.5. The van der Waals surface area contributed by atoms with E-state index in [0.29, 0.717) is 6.42 Å². The number of hydrogen-bond donors (Lipinski definition) is 3. The summed E-state index contributed by atoms with van der Waals surface area (Å²) < 4.78 is 0. The van der Waals surface area contributed by atoms with Crippen molar-refractivity contribution in [1.82, 2.24) is 5.32 Å². The fourth-order valence-corrected chi connectivity index (χ4v) is 11.2. The molecule has 0 saturated carbocycles. The molecule has 77 heavy (non-hydrogen) atoms. The van der Waals surface area contributed by atoms with E-state index in [1.807, 2.05) is 6.08 Å². The molecular weight excluding hydrogens is 939 g/mol. The van der Waals surface area contributed by atoms with Gasteiger partial charge in [0.25, 0.3) is 0 Å². The molecular formula is C73H139NO3. The highest BCUT2D eigenvalue weighted by Crippen LogP contribution is 2.19. The quantitative estimate of drug-likeness (QED) is 0.0420. The molecule has 4 heteroatoms. The fourth-order valence-electron chi connectivity index (χ4n) is 11.2. The van der Waals surface area contributed by atoms with Crippen LogP contribution in [0.2, 0.25) is 0 Å². The van der Waals surface area contributed by atoms with Gasteiger partial charge in [-0.1, -0.05) is 371 Å². The molecule has 0 aliphatic heterocycles. The maximum Gasteiger partial charge on any atom is 0.220 e. The van der Waals surface area contributed by atoms with E-state index < -0.39 is 12.1 Å². The van der Waals surface area contributed by atoms with Crippen LogP contribution in [0.25, 0.3) is 0 Å². The van der Waals surface area contributed by atoms with E-state index in [1.54, 1.807) is 6.08 Å². The third-order valence-corrected chi connectivity index (χ3v) is 16.5. The van der Waals surface area contributed by atoms with Crippen molar-refractivity contribution < 1.29 is 15.0 Å². The van der Waals surface area contributed by atoms with Gasteiger partial charge in [0.15, 0.2) is 0 Å². The molecule has 2 atom stereocenters. The number of aliphatic hydroxyl groups excluding tert-OH is 2. The number of amides is 1. The second-order valence-corrected chi connectivity index (χ2v) is 24.3. The Hall–Kier alpha value is -1.65. The van der Waals surface area contributed by atoms with Crippen molar-refractivity contribution in [3.63, 3.8) is 0 Å². The first-order chi connectivity index (χ1) is 38.2. The fraction of sp³-hybridized carbons (Fsp3) is 0.877. The van der Waals surface area contributed by atoms with E-state index in [2.05, 4.69) is 55.6 Å². The summed E-state index contributed by atoms with van der Waals surface area (Å²) in [5, 5.41) is 23.3. The lowest BCUT2D eigenvalue weighted by atomic mass is 10.0. The van der Waals surface area contributed by atoms with Gasteiger partial charge in [-0.3, -0.25) is 4.79 Å². The molecule has 454 valence electrons. The minimum absolute atomic E-state index is 0.0659. The first kappa shape index (κ1) is 75.3. The summed E-state index contributed by atoms with van der Waals surface area (Å²) in [4.78, 5) is 12.5. The Labute approximate surface area is 484 Å². The van der Waals surface area contributed by atoms with Crippen LogP contribution >= 0.6 is 0 Å². The number of hydrogen-bond acceptors (Lipinski definition) is 3. The van der Waals surface area contributed by atoms with Gasteiger partial charge in [0.2, 0.25) is 5.91 Å². The molecule has 0 bridgehead atoms. The zero-order valence-corrected chi connectivity index (χ0v) is 52.5. The monoisotopic (exact) mass is 1080 g/mol. The molecule has 0 aliphatic rings. The maximum atomic E-state index is 12.5. The lowest BCUT2D eigenvalue weighted by Gasteiger charge is -2.19. The van der Waals surface area contributed by atoms with Crippen molar-refractivity contribution in [2.24, 2.45) is 0 Å². The molecule has 0 rings (SSSR count). The van der Waals surface area contributed by atoms with Crippen LogP contribution in [0.15, 0.2) is 48.6 Å². The first-order valence-corrected chi connectivity index (χ1v) is 35.4. The number of rotatable bonds is 66. The number of nitrogens with one attached hydrogen (secondary N) is 1. The average molecular weight is 1080 g/mol. The highest BCUT2D eigenvalue weighted by molar-refractivity contribution is 5.76. The summed E-state index contributed by atoms with van der Waals surface area (Å²) >= 11 is 0. The Bertz CT molecular complexity index is 1220. The molecule has 0 heterocycles. The predicted octanol–water partition coefficient (Wildman–Crippen LogP) is 24.1. The number of unbranched alkanes of at least 4 members (excludes halogenated alkanes) is 53. The molecule has 0 spiro atoms. The molecule has 0 aromatic rings. The van der Waals surface area contributed by atoms with Crippen LogP contribution in [-0.4, -0.2) is 34.9 Å². The molecule has 0 aromatic carbocycles. The van der Waals surface area contributed by atoms with Crippen LogP contribution in [0.5, 0.6) is 0 Å². The van der Waals surface area contributed by atoms with Crippen LogP contribution in [0.3, 0.4) is 0 Å². The number of aliphatic hydroxyl groups is 2. The molecule has 1 amide bonds. The van der Waals surface area contributed by atoms with E-state index in [0.717, 1.165) is 38.5 Å². The van der Waals surface area contributed by atoms with Crippen LogP contribution in [0, 0.1) is 0 Å². The molecule has 3 N–H and O–H groups in total.